The molecule has 3 aromatic rings. The molecule has 3 rings (SSSR count). The second-order valence-electron chi connectivity index (χ2n) is 5.94. The highest BCUT2D eigenvalue weighted by Gasteiger charge is 2.13. The molecule has 0 bridgehead atoms. The van der Waals surface area contributed by atoms with Gasteiger partial charge in [-0.15, -0.1) is 0 Å². The number of methoxy groups -OCH3 is 1. The fourth-order valence-corrected chi connectivity index (χ4v) is 2.49. The van der Waals surface area contributed by atoms with Gasteiger partial charge in [-0.2, -0.15) is 0 Å². The number of anilines is 1. The molecule has 0 radical (unpaired) electrons. The standard InChI is InChI=1S/C21H21NO4/c1-14-6-4-9-19(15(14)2)22-21(23)20-11-10-18(26-20)13-25-17-8-5-7-16(12-17)24-3/h4-12H,13H2,1-3H3,(H,22,23). The second kappa shape index (κ2) is 7.78. The lowest BCUT2D eigenvalue weighted by atomic mass is 10.1. The molecule has 0 unspecified atom stereocenters. The lowest BCUT2D eigenvalue weighted by Crippen LogP contribution is -2.12. The zero-order valence-corrected chi connectivity index (χ0v) is 15.0. The van der Waals surface area contributed by atoms with Crippen molar-refractivity contribution in [2.45, 2.75) is 20.5 Å². The largest absolute Gasteiger partial charge is 0.497 e. The zero-order valence-electron chi connectivity index (χ0n) is 15.0. The van der Waals surface area contributed by atoms with Crippen molar-refractivity contribution in [3.63, 3.8) is 0 Å². The Morgan fingerprint density at radius 1 is 1.04 bits per heavy atom. The number of hydrogen-bond donors (Lipinski definition) is 1. The number of carbonyl (C=O) groups excluding carboxylic acids is 1. The molecule has 0 aliphatic carbocycles. The molecule has 0 saturated heterocycles. The van der Waals surface area contributed by atoms with Crippen LogP contribution in [0, 0.1) is 13.8 Å². The monoisotopic (exact) mass is 351 g/mol. The van der Waals surface area contributed by atoms with Crippen molar-refractivity contribution >= 4 is 11.6 Å². The lowest BCUT2D eigenvalue weighted by molar-refractivity contribution is 0.0992. The van der Waals surface area contributed by atoms with E-state index in [2.05, 4.69) is 5.32 Å². The van der Waals surface area contributed by atoms with E-state index in [-0.39, 0.29) is 18.3 Å². The number of amides is 1. The second-order valence-corrected chi connectivity index (χ2v) is 5.94. The molecule has 0 spiro atoms. The molecule has 5 heteroatoms. The summed E-state index contributed by atoms with van der Waals surface area (Å²) in [5, 5.41) is 2.88. The Morgan fingerprint density at radius 3 is 2.62 bits per heavy atom. The van der Waals surface area contributed by atoms with E-state index < -0.39 is 0 Å². The van der Waals surface area contributed by atoms with Crippen LogP contribution in [-0.2, 0) is 6.61 Å². The van der Waals surface area contributed by atoms with Crippen molar-refractivity contribution in [1.82, 2.24) is 0 Å². The van der Waals surface area contributed by atoms with Crippen LogP contribution in [0.2, 0.25) is 0 Å². The molecule has 0 saturated carbocycles. The van der Waals surface area contributed by atoms with Crippen molar-refractivity contribution in [3.05, 3.63) is 77.2 Å². The van der Waals surface area contributed by atoms with Crippen LogP contribution in [0.25, 0.3) is 0 Å². The average molecular weight is 351 g/mol. The first-order valence-corrected chi connectivity index (χ1v) is 8.30. The van der Waals surface area contributed by atoms with E-state index in [1.807, 2.05) is 50.2 Å². The van der Waals surface area contributed by atoms with Crippen molar-refractivity contribution in [2.75, 3.05) is 12.4 Å². The summed E-state index contributed by atoms with van der Waals surface area (Å²) in [4.78, 5) is 12.4. The van der Waals surface area contributed by atoms with Gasteiger partial charge in [0.05, 0.1) is 7.11 Å². The SMILES string of the molecule is COc1cccc(OCc2ccc(C(=O)Nc3cccc(C)c3C)o2)c1. The molecule has 1 aromatic heterocycles. The summed E-state index contributed by atoms with van der Waals surface area (Å²) in [5.41, 5.74) is 2.93. The number of nitrogens with one attached hydrogen (secondary N) is 1. The summed E-state index contributed by atoms with van der Waals surface area (Å²) in [6, 6.07) is 16.5. The minimum atomic E-state index is -0.286. The van der Waals surface area contributed by atoms with E-state index in [9.17, 15) is 4.79 Å². The highest BCUT2D eigenvalue weighted by molar-refractivity contribution is 6.02. The van der Waals surface area contributed by atoms with Gasteiger partial charge in [-0.3, -0.25) is 4.79 Å². The molecule has 1 heterocycles. The molecule has 0 atom stereocenters. The Labute approximate surface area is 152 Å². The highest BCUT2D eigenvalue weighted by Crippen LogP contribution is 2.22. The number of ether oxygens (including phenoxy) is 2. The van der Waals surface area contributed by atoms with Gasteiger partial charge in [0.1, 0.15) is 23.9 Å². The van der Waals surface area contributed by atoms with Gasteiger partial charge < -0.3 is 19.2 Å². The topological polar surface area (TPSA) is 60.7 Å². The van der Waals surface area contributed by atoms with Crippen LogP contribution in [0.15, 0.2) is 59.0 Å². The Kier molecular flexibility index (Phi) is 5.27. The Bertz CT molecular complexity index is 914. The first kappa shape index (κ1) is 17.6. The van der Waals surface area contributed by atoms with E-state index in [4.69, 9.17) is 13.9 Å². The predicted octanol–water partition coefficient (Wildman–Crippen LogP) is 4.74. The Balaban J connectivity index is 1.63. The molecule has 26 heavy (non-hydrogen) atoms. The maximum absolute atomic E-state index is 12.4. The van der Waals surface area contributed by atoms with Crippen molar-refractivity contribution in [2.24, 2.45) is 0 Å². The number of rotatable bonds is 6. The fraction of sp³-hybridized carbons (Fsp3) is 0.190. The van der Waals surface area contributed by atoms with E-state index in [1.165, 1.54) is 0 Å². The van der Waals surface area contributed by atoms with E-state index in [0.717, 1.165) is 22.6 Å². The molecule has 2 aromatic carbocycles. The molecule has 1 amide bonds. The Morgan fingerprint density at radius 2 is 1.81 bits per heavy atom. The summed E-state index contributed by atoms with van der Waals surface area (Å²) >= 11 is 0. The molecule has 0 fully saturated rings. The minimum absolute atomic E-state index is 0.226. The minimum Gasteiger partial charge on any atom is -0.497 e. The maximum atomic E-state index is 12.4. The van der Waals surface area contributed by atoms with Gasteiger partial charge in [-0.25, -0.2) is 0 Å². The van der Waals surface area contributed by atoms with E-state index in [0.29, 0.717) is 11.5 Å². The van der Waals surface area contributed by atoms with Crippen molar-refractivity contribution < 1.29 is 18.7 Å². The summed E-state index contributed by atoms with van der Waals surface area (Å²) in [6.45, 7) is 4.20. The average Bonchev–Trinajstić information content (AvgIpc) is 3.13. The van der Waals surface area contributed by atoms with Gasteiger partial charge in [-0.05, 0) is 55.3 Å². The molecule has 134 valence electrons. The highest BCUT2D eigenvalue weighted by atomic mass is 16.5. The smallest absolute Gasteiger partial charge is 0.291 e. The van der Waals surface area contributed by atoms with E-state index in [1.54, 1.807) is 25.3 Å². The van der Waals surface area contributed by atoms with Crippen LogP contribution < -0.4 is 14.8 Å². The van der Waals surface area contributed by atoms with Crippen LogP contribution in [0.1, 0.15) is 27.4 Å². The maximum Gasteiger partial charge on any atom is 0.291 e. The summed E-state index contributed by atoms with van der Waals surface area (Å²) in [7, 11) is 1.60. The first-order chi connectivity index (χ1) is 12.6. The van der Waals surface area contributed by atoms with Gasteiger partial charge in [0.2, 0.25) is 0 Å². The first-order valence-electron chi connectivity index (χ1n) is 8.30. The summed E-state index contributed by atoms with van der Waals surface area (Å²) < 4.78 is 16.4. The van der Waals surface area contributed by atoms with Crippen LogP contribution in [-0.4, -0.2) is 13.0 Å². The quantitative estimate of drug-likeness (QED) is 0.697. The van der Waals surface area contributed by atoms with Gasteiger partial charge >= 0.3 is 0 Å². The number of carbonyl (C=O) groups is 1. The molecule has 0 aliphatic heterocycles. The Hall–Kier alpha value is -3.21. The van der Waals surface area contributed by atoms with Gasteiger partial charge in [-0.1, -0.05) is 18.2 Å². The molecular weight excluding hydrogens is 330 g/mol. The predicted molar refractivity (Wildman–Crippen MR) is 99.9 cm³/mol. The summed E-state index contributed by atoms with van der Waals surface area (Å²) in [6.07, 6.45) is 0. The normalized spacial score (nSPS) is 10.4. The van der Waals surface area contributed by atoms with Crippen molar-refractivity contribution in [3.8, 4) is 11.5 Å². The molecule has 0 aliphatic rings. The van der Waals surface area contributed by atoms with Crippen LogP contribution in [0.5, 0.6) is 11.5 Å². The number of benzene rings is 2. The zero-order chi connectivity index (χ0) is 18.5. The lowest BCUT2D eigenvalue weighted by Gasteiger charge is -2.09. The third-order valence-corrected chi connectivity index (χ3v) is 4.16. The number of hydrogen-bond acceptors (Lipinski definition) is 4. The van der Waals surface area contributed by atoms with Crippen LogP contribution in [0.3, 0.4) is 0 Å². The molecule has 1 N–H and O–H groups in total. The third-order valence-electron chi connectivity index (χ3n) is 4.16. The molecule has 5 nitrogen and oxygen atoms in total. The molecular formula is C21H21NO4. The van der Waals surface area contributed by atoms with E-state index >= 15 is 0 Å². The fourth-order valence-electron chi connectivity index (χ4n) is 2.49. The van der Waals surface area contributed by atoms with Crippen LogP contribution >= 0.6 is 0 Å². The number of furan rings is 1. The number of aryl methyl sites for hydroxylation is 1. The third kappa shape index (κ3) is 4.06. The van der Waals surface area contributed by atoms with Gasteiger partial charge in [0.15, 0.2) is 5.76 Å². The summed E-state index contributed by atoms with van der Waals surface area (Å²) in [5.74, 6) is 1.91. The van der Waals surface area contributed by atoms with Gasteiger partial charge in [0, 0.05) is 11.8 Å². The van der Waals surface area contributed by atoms with Gasteiger partial charge in [0.25, 0.3) is 5.91 Å². The van der Waals surface area contributed by atoms with Crippen molar-refractivity contribution in [1.29, 1.82) is 0 Å². The van der Waals surface area contributed by atoms with Crippen LogP contribution in [0.4, 0.5) is 5.69 Å².